The highest BCUT2D eigenvalue weighted by Crippen LogP contribution is 2.26. The molecule has 0 atom stereocenters. The summed E-state index contributed by atoms with van der Waals surface area (Å²) in [5.41, 5.74) is 5.54. The molecule has 1 heterocycles. The van der Waals surface area contributed by atoms with Crippen molar-refractivity contribution in [2.75, 3.05) is 0 Å². The van der Waals surface area contributed by atoms with Crippen molar-refractivity contribution in [1.82, 2.24) is 19.5 Å². The SMILES string of the molecule is Cc1cc(C)c(C)c(S(=O)(=O)NCc2ccc(Cn3cncn3)cc2)c1C. The summed E-state index contributed by atoms with van der Waals surface area (Å²) in [4.78, 5) is 4.31. The second kappa shape index (κ2) is 7.62. The summed E-state index contributed by atoms with van der Waals surface area (Å²) in [6.45, 7) is 8.47. The van der Waals surface area contributed by atoms with Crippen LogP contribution < -0.4 is 4.72 Å². The van der Waals surface area contributed by atoms with Crippen LogP contribution in [0.1, 0.15) is 33.4 Å². The Hall–Kier alpha value is -2.51. The van der Waals surface area contributed by atoms with Crippen LogP contribution in [0.25, 0.3) is 0 Å². The van der Waals surface area contributed by atoms with E-state index in [4.69, 9.17) is 0 Å². The summed E-state index contributed by atoms with van der Waals surface area (Å²) in [6, 6.07) is 9.82. The van der Waals surface area contributed by atoms with Gasteiger partial charge in [0.05, 0.1) is 11.4 Å². The third-order valence-corrected chi connectivity index (χ3v) is 6.54. The van der Waals surface area contributed by atoms with E-state index < -0.39 is 10.0 Å². The fraction of sp³-hybridized carbons (Fsp3) is 0.300. The van der Waals surface area contributed by atoms with Gasteiger partial charge in [0.2, 0.25) is 10.0 Å². The molecule has 0 spiro atoms. The number of benzene rings is 2. The van der Waals surface area contributed by atoms with Crippen molar-refractivity contribution in [3.05, 3.63) is 76.4 Å². The van der Waals surface area contributed by atoms with Crippen molar-refractivity contribution >= 4 is 10.0 Å². The molecular weight excluding hydrogens is 360 g/mol. The molecule has 0 bridgehead atoms. The smallest absolute Gasteiger partial charge is 0.241 e. The van der Waals surface area contributed by atoms with E-state index in [1.165, 1.54) is 6.33 Å². The van der Waals surface area contributed by atoms with E-state index in [2.05, 4.69) is 14.8 Å². The normalized spacial score (nSPS) is 11.7. The molecule has 0 aliphatic heterocycles. The molecule has 3 rings (SSSR count). The molecule has 0 saturated carbocycles. The minimum atomic E-state index is -3.59. The molecule has 142 valence electrons. The lowest BCUT2D eigenvalue weighted by Crippen LogP contribution is -2.25. The number of nitrogens with one attached hydrogen (secondary N) is 1. The van der Waals surface area contributed by atoms with Crippen molar-refractivity contribution in [2.45, 2.75) is 45.7 Å². The number of nitrogens with zero attached hydrogens (tertiary/aromatic N) is 3. The van der Waals surface area contributed by atoms with Gasteiger partial charge in [-0.1, -0.05) is 30.3 Å². The summed E-state index contributed by atoms with van der Waals surface area (Å²) >= 11 is 0. The lowest BCUT2D eigenvalue weighted by Gasteiger charge is -2.16. The van der Waals surface area contributed by atoms with Crippen molar-refractivity contribution in [3.63, 3.8) is 0 Å². The molecule has 27 heavy (non-hydrogen) atoms. The maximum absolute atomic E-state index is 12.9. The number of sulfonamides is 1. The number of hydrogen-bond acceptors (Lipinski definition) is 4. The van der Waals surface area contributed by atoms with E-state index in [1.807, 2.05) is 58.0 Å². The molecule has 0 saturated heterocycles. The third-order valence-electron chi connectivity index (χ3n) is 4.87. The van der Waals surface area contributed by atoms with Gasteiger partial charge in [-0.25, -0.2) is 22.8 Å². The Labute approximate surface area is 160 Å². The van der Waals surface area contributed by atoms with Crippen molar-refractivity contribution in [2.24, 2.45) is 0 Å². The Kier molecular flexibility index (Phi) is 5.43. The molecule has 0 amide bonds. The number of aromatic nitrogens is 3. The maximum Gasteiger partial charge on any atom is 0.241 e. The van der Waals surface area contributed by atoms with Gasteiger partial charge in [0, 0.05) is 6.54 Å². The number of hydrogen-bond donors (Lipinski definition) is 1. The first kappa shape index (κ1) is 19.3. The lowest BCUT2D eigenvalue weighted by molar-refractivity contribution is 0.579. The van der Waals surface area contributed by atoms with Crippen LogP contribution in [0.3, 0.4) is 0 Å². The van der Waals surface area contributed by atoms with Crippen LogP contribution in [-0.4, -0.2) is 23.2 Å². The third kappa shape index (κ3) is 4.26. The Balaban J connectivity index is 1.74. The van der Waals surface area contributed by atoms with Gasteiger partial charge in [-0.05, 0) is 61.1 Å². The van der Waals surface area contributed by atoms with Crippen LogP contribution in [0, 0.1) is 27.7 Å². The number of rotatable bonds is 6. The van der Waals surface area contributed by atoms with E-state index in [0.29, 0.717) is 11.4 Å². The topological polar surface area (TPSA) is 76.9 Å². The molecule has 0 radical (unpaired) electrons. The Morgan fingerprint density at radius 2 is 1.56 bits per heavy atom. The first-order valence-electron chi connectivity index (χ1n) is 8.75. The summed E-state index contributed by atoms with van der Waals surface area (Å²) in [5, 5.41) is 4.08. The van der Waals surface area contributed by atoms with Crippen molar-refractivity contribution in [3.8, 4) is 0 Å². The van der Waals surface area contributed by atoms with Gasteiger partial charge in [0.1, 0.15) is 12.7 Å². The van der Waals surface area contributed by atoms with E-state index in [1.54, 1.807) is 11.0 Å². The average molecular weight is 385 g/mol. The Morgan fingerprint density at radius 3 is 2.11 bits per heavy atom. The highest BCUT2D eigenvalue weighted by atomic mass is 32.2. The summed E-state index contributed by atoms with van der Waals surface area (Å²) in [7, 11) is -3.59. The lowest BCUT2D eigenvalue weighted by atomic mass is 10.0. The highest BCUT2D eigenvalue weighted by molar-refractivity contribution is 7.89. The zero-order chi connectivity index (χ0) is 19.6. The van der Waals surface area contributed by atoms with Gasteiger partial charge in [-0.2, -0.15) is 5.10 Å². The van der Waals surface area contributed by atoms with E-state index >= 15 is 0 Å². The second-order valence-electron chi connectivity index (χ2n) is 6.82. The highest BCUT2D eigenvalue weighted by Gasteiger charge is 2.21. The van der Waals surface area contributed by atoms with Gasteiger partial charge >= 0.3 is 0 Å². The molecule has 7 heteroatoms. The van der Waals surface area contributed by atoms with Gasteiger partial charge in [0.15, 0.2) is 0 Å². The van der Waals surface area contributed by atoms with E-state index in [0.717, 1.165) is 33.4 Å². The summed E-state index contributed by atoms with van der Waals surface area (Å²) < 4.78 is 30.3. The van der Waals surface area contributed by atoms with Crippen LogP contribution in [0.2, 0.25) is 0 Å². The largest absolute Gasteiger partial charge is 0.249 e. The van der Waals surface area contributed by atoms with E-state index in [-0.39, 0.29) is 6.54 Å². The van der Waals surface area contributed by atoms with Crippen LogP contribution in [-0.2, 0) is 23.1 Å². The molecule has 1 aromatic heterocycles. The molecule has 6 nitrogen and oxygen atoms in total. The number of aryl methyl sites for hydroxylation is 2. The molecule has 0 aliphatic rings. The molecule has 0 aliphatic carbocycles. The molecular formula is C20H24N4O2S. The van der Waals surface area contributed by atoms with Gasteiger partial charge in [-0.3, -0.25) is 0 Å². The molecule has 0 fully saturated rings. The molecule has 0 unspecified atom stereocenters. The maximum atomic E-state index is 12.9. The quantitative estimate of drug-likeness (QED) is 0.709. The summed E-state index contributed by atoms with van der Waals surface area (Å²) in [6.07, 6.45) is 3.16. The van der Waals surface area contributed by atoms with Gasteiger partial charge < -0.3 is 0 Å². The van der Waals surface area contributed by atoms with Crippen LogP contribution >= 0.6 is 0 Å². The molecule has 3 aromatic rings. The Bertz CT molecular complexity index is 1010. The van der Waals surface area contributed by atoms with Crippen LogP contribution in [0.5, 0.6) is 0 Å². The fourth-order valence-electron chi connectivity index (χ4n) is 3.10. The zero-order valence-electron chi connectivity index (χ0n) is 16.0. The van der Waals surface area contributed by atoms with Gasteiger partial charge in [0.25, 0.3) is 0 Å². The van der Waals surface area contributed by atoms with Crippen molar-refractivity contribution in [1.29, 1.82) is 0 Å². The minimum Gasteiger partial charge on any atom is -0.249 e. The minimum absolute atomic E-state index is 0.248. The monoisotopic (exact) mass is 384 g/mol. The first-order chi connectivity index (χ1) is 12.8. The van der Waals surface area contributed by atoms with Gasteiger partial charge in [-0.15, -0.1) is 0 Å². The van der Waals surface area contributed by atoms with E-state index in [9.17, 15) is 8.42 Å². The molecule has 1 N–H and O–H groups in total. The predicted octanol–water partition coefficient (Wildman–Crippen LogP) is 3.04. The van der Waals surface area contributed by atoms with Crippen molar-refractivity contribution < 1.29 is 8.42 Å². The molecule has 2 aromatic carbocycles. The second-order valence-corrected chi connectivity index (χ2v) is 8.53. The Morgan fingerprint density at radius 1 is 0.963 bits per heavy atom. The first-order valence-corrected chi connectivity index (χ1v) is 10.2. The average Bonchev–Trinajstić information content (AvgIpc) is 3.12. The zero-order valence-corrected chi connectivity index (χ0v) is 16.8. The van der Waals surface area contributed by atoms with Crippen LogP contribution in [0.4, 0.5) is 0 Å². The van der Waals surface area contributed by atoms with Crippen LogP contribution in [0.15, 0.2) is 47.9 Å². The standard InChI is InChI=1S/C20H24N4O2S/c1-14-9-15(2)17(4)20(16(14)3)27(25,26)23-10-18-5-7-19(8-6-18)11-24-13-21-12-22-24/h5-9,12-13,23H,10-11H2,1-4H3. The predicted molar refractivity (Wildman–Crippen MR) is 105 cm³/mol. The summed E-state index contributed by atoms with van der Waals surface area (Å²) in [5.74, 6) is 0. The fourth-order valence-corrected chi connectivity index (χ4v) is 4.73.